The number of rotatable bonds is 7. The maximum Gasteiger partial charge on any atom is 0.131 e. The molecule has 1 unspecified atom stereocenters. The summed E-state index contributed by atoms with van der Waals surface area (Å²) < 4.78 is 6.53. The molecule has 0 saturated heterocycles. The van der Waals surface area contributed by atoms with Crippen molar-refractivity contribution >= 4 is 19.2 Å². The lowest BCUT2D eigenvalue weighted by Crippen LogP contribution is -2.21. The van der Waals surface area contributed by atoms with Gasteiger partial charge in [-0.05, 0) is 54.5 Å². The van der Waals surface area contributed by atoms with E-state index >= 15 is 0 Å². The smallest absolute Gasteiger partial charge is 0.131 e. The highest BCUT2D eigenvalue weighted by Crippen LogP contribution is 2.35. The fourth-order valence-corrected chi connectivity index (χ4v) is 4.99. The van der Waals surface area contributed by atoms with Crippen LogP contribution in [0.4, 0.5) is 0 Å². The Hall–Kier alpha value is -2.15. The van der Waals surface area contributed by atoms with Crippen LogP contribution in [-0.2, 0) is 18.6 Å². The van der Waals surface area contributed by atoms with E-state index in [1.165, 1.54) is 32.9 Å². The zero-order valence-corrected chi connectivity index (χ0v) is 20.1. The second-order valence-electron chi connectivity index (χ2n) is 9.23. The van der Waals surface area contributed by atoms with E-state index in [4.69, 9.17) is 4.74 Å². The molecule has 0 spiro atoms. The molecule has 0 N–H and O–H groups in total. The molecule has 3 aromatic rings. The largest absolute Gasteiger partial charge is 0.488 e. The third-order valence-electron chi connectivity index (χ3n) is 5.04. The van der Waals surface area contributed by atoms with Crippen LogP contribution < -0.4 is 15.3 Å². The van der Waals surface area contributed by atoms with Gasteiger partial charge in [0.05, 0.1) is 0 Å². The van der Waals surface area contributed by atoms with Gasteiger partial charge in [0, 0.05) is 17.4 Å². The van der Waals surface area contributed by atoms with Crippen LogP contribution in [0.2, 0.25) is 0 Å². The molecule has 1 atom stereocenters. The minimum absolute atomic E-state index is 0.0143. The molecule has 0 radical (unpaired) electrons. The molecule has 0 fully saturated rings. The zero-order chi connectivity index (χ0) is 21.7. The Morgan fingerprint density at radius 2 is 1.53 bits per heavy atom. The molecule has 0 saturated carbocycles. The number of benzene rings is 3. The summed E-state index contributed by atoms with van der Waals surface area (Å²) in [6.07, 6.45) is 0. The molecule has 0 aliphatic rings. The first-order chi connectivity index (χ1) is 14.2. The molecule has 0 amide bonds. The van der Waals surface area contributed by atoms with Gasteiger partial charge in [-0.15, -0.1) is 0 Å². The minimum Gasteiger partial charge on any atom is -0.488 e. The average molecular weight is 420 g/mol. The number of hydrogen-bond donors (Lipinski definition) is 0. The van der Waals surface area contributed by atoms with Crippen molar-refractivity contribution < 1.29 is 4.74 Å². The molecule has 0 bridgehead atoms. The Morgan fingerprint density at radius 1 is 0.867 bits per heavy atom. The summed E-state index contributed by atoms with van der Waals surface area (Å²) >= 11 is 0. The summed E-state index contributed by atoms with van der Waals surface area (Å²) in [6.45, 7) is 10.5. The first kappa shape index (κ1) is 22.5. The normalized spacial score (nSPS) is 12.1. The molecule has 0 heterocycles. The van der Waals surface area contributed by atoms with Crippen LogP contribution in [0, 0.1) is 6.92 Å². The van der Waals surface area contributed by atoms with Crippen molar-refractivity contribution in [2.24, 2.45) is 0 Å². The second-order valence-corrected chi connectivity index (χ2v) is 10.6. The molecule has 3 rings (SSSR count). The first-order valence-corrected chi connectivity index (χ1v) is 11.6. The van der Waals surface area contributed by atoms with Gasteiger partial charge >= 0.3 is 0 Å². The van der Waals surface area contributed by atoms with Crippen molar-refractivity contribution in [1.29, 1.82) is 0 Å². The van der Waals surface area contributed by atoms with E-state index in [1.54, 1.807) is 0 Å². The summed E-state index contributed by atoms with van der Waals surface area (Å²) in [5.74, 6) is 1.05. The third kappa shape index (κ3) is 5.94. The second kappa shape index (κ2) is 9.77. The quantitative estimate of drug-likeness (QED) is 0.465. The van der Waals surface area contributed by atoms with Crippen LogP contribution >= 0.6 is 8.58 Å². The van der Waals surface area contributed by atoms with Gasteiger partial charge in [-0.3, -0.25) is 0 Å². The number of nitrogens with zero attached hydrogens (tertiary/aromatic N) is 1. The monoisotopic (exact) mass is 419 g/mol. The topological polar surface area (TPSA) is 12.5 Å². The standard InChI is InChI=1S/C27H34NOP/c1-20-16-23(27(2,3)4)26(29-19-21-12-8-7-9-13-21)25(17-20)30-24-15-11-10-14-22(24)18-28(5)6/h7-17,30H,18-19H2,1-6H3. The molecule has 0 aromatic heterocycles. The van der Waals surface area contributed by atoms with E-state index in [0.29, 0.717) is 15.2 Å². The molecular formula is C27H34NOP. The summed E-state index contributed by atoms with van der Waals surface area (Å²) in [5, 5.41) is 2.68. The van der Waals surface area contributed by atoms with Crippen molar-refractivity contribution in [3.8, 4) is 5.75 Å². The van der Waals surface area contributed by atoms with Crippen LogP contribution in [0.1, 0.15) is 43.0 Å². The lowest BCUT2D eigenvalue weighted by atomic mass is 9.85. The van der Waals surface area contributed by atoms with Gasteiger partial charge in [0.25, 0.3) is 0 Å². The SMILES string of the molecule is Cc1cc(Pc2ccccc2CN(C)C)c(OCc2ccccc2)c(C(C)(C)C)c1. The Balaban J connectivity index is 2.02. The highest BCUT2D eigenvalue weighted by atomic mass is 31.1. The van der Waals surface area contributed by atoms with Gasteiger partial charge in [0.2, 0.25) is 0 Å². The predicted molar refractivity (Wildman–Crippen MR) is 132 cm³/mol. The molecule has 0 aliphatic carbocycles. The fraction of sp³-hybridized carbons (Fsp3) is 0.333. The number of hydrogen-bond acceptors (Lipinski definition) is 2. The minimum atomic E-state index is 0.0143. The molecule has 3 aromatic carbocycles. The van der Waals surface area contributed by atoms with Gasteiger partial charge in [-0.25, -0.2) is 0 Å². The number of aryl methyl sites for hydroxylation is 1. The van der Waals surface area contributed by atoms with Crippen molar-refractivity contribution in [2.45, 2.75) is 46.3 Å². The van der Waals surface area contributed by atoms with Crippen molar-refractivity contribution in [3.63, 3.8) is 0 Å². The lowest BCUT2D eigenvalue weighted by Gasteiger charge is -2.26. The first-order valence-electron chi connectivity index (χ1n) is 10.6. The van der Waals surface area contributed by atoms with Crippen molar-refractivity contribution in [2.75, 3.05) is 14.1 Å². The molecule has 158 valence electrons. The van der Waals surface area contributed by atoms with Gasteiger partial charge in [0.15, 0.2) is 0 Å². The van der Waals surface area contributed by atoms with Crippen LogP contribution in [0.3, 0.4) is 0 Å². The third-order valence-corrected chi connectivity index (χ3v) is 6.44. The molecule has 0 aliphatic heterocycles. The van der Waals surface area contributed by atoms with Crippen LogP contribution in [0.5, 0.6) is 5.75 Å². The molecular weight excluding hydrogens is 385 g/mol. The maximum atomic E-state index is 6.53. The molecule has 30 heavy (non-hydrogen) atoms. The van der Waals surface area contributed by atoms with Crippen LogP contribution in [0.25, 0.3) is 0 Å². The summed E-state index contributed by atoms with van der Waals surface area (Å²) in [6, 6.07) is 23.8. The highest BCUT2D eigenvalue weighted by molar-refractivity contribution is 7.55. The summed E-state index contributed by atoms with van der Waals surface area (Å²) in [7, 11) is 4.81. The van der Waals surface area contributed by atoms with Gasteiger partial charge in [0.1, 0.15) is 12.4 Å². The lowest BCUT2D eigenvalue weighted by molar-refractivity contribution is 0.300. The van der Waals surface area contributed by atoms with E-state index in [-0.39, 0.29) is 5.41 Å². The fourth-order valence-electron chi connectivity index (χ4n) is 3.57. The average Bonchev–Trinajstić information content (AvgIpc) is 2.68. The number of ether oxygens (including phenoxy) is 1. The van der Waals surface area contributed by atoms with Crippen LogP contribution in [0.15, 0.2) is 66.7 Å². The maximum absolute atomic E-state index is 6.53. The van der Waals surface area contributed by atoms with E-state index in [1.807, 2.05) is 6.07 Å². The Labute approximate surface area is 184 Å². The Morgan fingerprint density at radius 3 is 2.20 bits per heavy atom. The summed E-state index contributed by atoms with van der Waals surface area (Å²) in [5.41, 5.74) is 5.17. The van der Waals surface area contributed by atoms with E-state index in [0.717, 1.165) is 12.3 Å². The van der Waals surface area contributed by atoms with Crippen molar-refractivity contribution in [3.05, 3.63) is 89.0 Å². The van der Waals surface area contributed by atoms with E-state index in [9.17, 15) is 0 Å². The zero-order valence-electron chi connectivity index (χ0n) is 19.1. The van der Waals surface area contributed by atoms with Crippen molar-refractivity contribution in [1.82, 2.24) is 4.90 Å². The van der Waals surface area contributed by atoms with E-state index < -0.39 is 0 Å². The van der Waals surface area contributed by atoms with Crippen LogP contribution in [-0.4, -0.2) is 19.0 Å². The summed E-state index contributed by atoms with van der Waals surface area (Å²) in [4.78, 5) is 2.23. The van der Waals surface area contributed by atoms with Gasteiger partial charge < -0.3 is 9.64 Å². The predicted octanol–water partition coefficient (Wildman–Crippen LogP) is 5.56. The Bertz CT molecular complexity index is 974. The van der Waals surface area contributed by atoms with Gasteiger partial charge in [-0.1, -0.05) is 90.0 Å². The van der Waals surface area contributed by atoms with Gasteiger partial charge in [-0.2, -0.15) is 0 Å². The molecule has 2 nitrogen and oxygen atoms in total. The highest BCUT2D eigenvalue weighted by Gasteiger charge is 2.23. The van der Waals surface area contributed by atoms with E-state index in [2.05, 4.69) is 107 Å². The Kier molecular flexibility index (Phi) is 7.34. The molecule has 3 heteroatoms.